The third kappa shape index (κ3) is 2.00. The summed E-state index contributed by atoms with van der Waals surface area (Å²) in [5.41, 5.74) is 2.32. The first-order valence-electron chi connectivity index (χ1n) is 8.21. The van der Waals surface area contributed by atoms with Crippen LogP contribution < -0.4 is 5.32 Å². The van der Waals surface area contributed by atoms with Gasteiger partial charge in [-0.05, 0) is 79.5 Å². The summed E-state index contributed by atoms with van der Waals surface area (Å²) in [4.78, 5) is 0. The van der Waals surface area contributed by atoms with Crippen LogP contribution in [-0.4, -0.2) is 6.04 Å². The molecule has 3 aliphatic carbocycles. The zero-order chi connectivity index (χ0) is 13.7. The Labute approximate surface area is 121 Å². The molecule has 0 saturated heterocycles. The molecule has 108 valence electrons. The Bertz CT molecular complexity index is 512. The summed E-state index contributed by atoms with van der Waals surface area (Å²) >= 11 is 0. The molecule has 0 aliphatic heterocycles. The summed E-state index contributed by atoms with van der Waals surface area (Å²) < 4.78 is 13.1. The Morgan fingerprint density at radius 2 is 2.00 bits per heavy atom. The lowest BCUT2D eigenvalue weighted by molar-refractivity contribution is 0.208. The Morgan fingerprint density at radius 1 is 1.15 bits per heavy atom. The highest BCUT2D eigenvalue weighted by molar-refractivity contribution is 5.26. The fourth-order valence-corrected chi connectivity index (χ4v) is 5.40. The minimum Gasteiger partial charge on any atom is -0.310 e. The number of benzene rings is 1. The molecule has 20 heavy (non-hydrogen) atoms. The molecule has 0 radical (unpaired) electrons. The number of hydrogen-bond donors (Lipinski definition) is 1. The quantitative estimate of drug-likeness (QED) is 0.876. The first-order valence-corrected chi connectivity index (χ1v) is 8.21. The lowest BCUT2D eigenvalue weighted by atomic mass is 9.79. The molecule has 0 spiro atoms. The van der Waals surface area contributed by atoms with Gasteiger partial charge in [0.2, 0.25) is 0 Å². The molecule has 4 rings (SSSR count). The van der Waals surface area contributed by atoms with Crippen LogP contribution >= 0.6 is 0 Å². The molecule has 3 saturated carbocycles. The van der Waals surface area contributed by atoms with Crippen LogP contribution in [0.1, 0.15) is 43.2 Å². The molecule has 1 N–H and O–H groups in total. The van der Waals surface area contributed by atoms with Crippen LogP contribution in [0.2, 0.25) is 0 Å². The SMILES string of the molecule is Cc1cc(F)ccc1CNC1CC2CC1C1CCCC21. The minimum atomic E-state index is -0.125. The van der Waals surface area contributed by atoms with E-state index in [2.05, 4.69) is 5.32 Å². The lowest BCUT2D eigenvalue weighted by Gasteiger charge is -2.32. The molecular formula is C18H24FN. The zero-order valence-corrected chi connectivity index (χ0v) is 12.2. The summed E-state index contributed by atoms with van der Waals surface area (Å²) in [6.45, 7) is 2.91. The third-order valence-electron chi connectivity index (χ3n) is 6.29. The zero-order valence-electron chi connectivity index (χ0n) is 12.2. The average molecular weight is 273 g/mol. The van der Waals surface area contributed by atoms with Gasteiger partial charge >= 0.3 is 0 Å². The molecule has 5 atom stereocenters. The van der Waals surface area contributed by atoms with E-state index in [4.69, 9.17) is 0 Å². The monoisotopic (exact) mass is 273 g/mol. The molecule has 2 bridgehead atoms. The van der Waals surface area contributed by atoms with Crippen molar-refractivity contribution in [2.45, 2.75) is 51.6 Å². The van der Waals surface area contributed by atoms with Crippen molar-refractivity contribution in [3.63, 3.8) is 0 Å². The van der Waals surface area contributed by atoms with Crippen LogP contribution in [0.15, 0.2) is 18.2 Å². The van der Waals surface area contributed by atoms with Gasteiger partial charge in [-0.2, -0.15) is 0 Å². The highest BCUT2D eigenvalue weighted by Crippen LogP contribution is 2.58. The Balaban J connectivity index is 1.41. The maximum Gasteiger partial charge on any atom is 0.123 e. The van der Waals surface area contributed by atoms with Gasteiger partial charge in [-0.25, -0.2) is 4.39 Å². The number of hydrogen-bond acceptors (Lipinski definition) is 1. The molecule has 1 aromatic rings. The van der Waals surface area contributed by atoms with Gasteiger partial charge in [-0.1, -0.05) is 12.5 Å². The van der Waals surface area contributed by atoms with E-state index in [1.807, 2.05) is 13.0 Å². The molecule has 0 heterocycles. The Kier molecular flexibility index (Phi) is 3.10. The molecule has 2 heteroatoms. The Morgan fingerprint density at radius 3 is 2.85 bits per heavy atom. The molecule has 1 aromatic carbocycles. The normalized spacial score (nSPS) is 38.4. The second-order valence-corrected chi connectivity index (χ2v) is 7.21. The van der Waals surface area contributed by atoms with Gasteiger partial charge in [-0.15, -0.1) is 0 Å². The van der Waals surface area contributed by atoms with E-state index < -0.39 is 0 Å². The molecule has 1 nitrogen and oxygen atoms in total. The number of fused-ring (bicyclic) bond motifs is 5. The molecule has 3 aliphatic rings. The number of nitrogens with one attached hydrogen (secondary N) is 1. The van der Waals surface area contributed by atoms with E-state index in [0.717, 1.165) is 35.8 Å². The first-order chi connectivity index (χ1) is 9.72. The van der Waals surface area contributed by atoms with Gasteiger partial charge in [0.25, 0.3) is 0 Å². The lowest BCUT2D eigenvalue weighted by Crippen LogP contribution is -2.39. The van der Waals surface area contributed by atoms with Gasteiger partial charge in [0.1, 0.15) is 5.82 Å². The minimum absolute atomic E-state index is 0.125. The molecule has 3 fully saturated rings. The number of aryl methyl sites for hydroxylation is 1. The average Bonchev–Trinajstić information content (AvgIpc) is 3.10. The summed E-state index contributed by atoms with van der Waals surface area (Å²) in [7, 11) is 0. The fraction of sp³-hybridized carbons (Fsp3) is 0.667. The predicted octanol–water partition coefficient (Wildman–Crippen LogP) is 4.05. The standard InChI is InChI=1S/C18H24FN/c1-11-7-14(19)6-5-12(11)10-20-18-9-13-8-17(18)16-4-2-3-15(13)16/h5-7,13,15-18,20H,2-4,8-10H2,1H3. The van der Waals surface area contributed by atoms with Crippen molar-refractivity contribution in [1.82, 2.24) is 5.32 Å². The molecule has 5 unspecified atom stereocenters. The Hall–Kier alpha value is -0.890. The van der Waals surface area contributed by atoms with Crippen molar-refractivity contribution in [2.75, 3.05) is 0 Å². The smallest absolute Gasteiger partial charge is 0.123 e. The summed E-state index contributed by atoms with van der Waals surface area (Å²) in [6, 6.07) is 5.87. The molecule has 0 amide bonds. The van der Waals surface area contributed by atoms with Crippen molar-refractivity contribution in [2.24, 2.45) is 23.7 Å². The highest BCUT2D eigenvalue weighted by Gasteiger charge is 2.53. The van der Waals surface area contributed by atoms with Crippen LogP contribution in [0, 0.1) is 36.4 Å². The van der Waals surface area contributed by atoms with Crippen LogP contribution in [0.25, 0.3) is 0 Å². The largest absolute Gasteiger partial charge is 0.310 e. The topological polar surface area (TPSA) is 12.0 Å². The highest BCUT2D eigenvalue weighted by atomic mass is 19.1. The van der Waals surface area contributed by atoms with Gasteiger partial charge in [0.15, 0.2) is 0 Å². The van der Waals surface area contributed by atoms with E-state index in [1.54, 1.807) is 12.1 Å². The van der Waals surface area contributed by atoms with E-state index in [9.17, 15) is 4.39 Å². The van der Waals surface area contributed by atoms with Gasteiger partial charge in [0, 0.05) is 12.6 Å². The van der Waals surface area contributed by atoms with Gasteiger partial charge < -0.3 is 5.32 Å². The van der Waals surface area contributed by atoms with Gasteiger partial charge in [0.05, 0.1) is 0 Å². The predicted molar refractivity (Wildman–Crippen MR) is 78.8 cm³/mol. The summed E-state index contributed by atoms with van der Waals surface area (Å²) in [5.74, 6) is 3.87. The van der Waals surface area contributed by atoms with Crippen molar-refractivity contribution in [3.05, 3.63) is 35.1 Å². The number of halogens is 1. The van der Waals surface area contributed by atoms with E-state index in [-0.39, 0.29) is 5.82 Å². The van der Waals surface area contributed by atoms with Crippen molar-refractivity contribution >= 4 is 0 Å². The van der Waals surface area contributed by atoms with E-state index in [1.165, 1.54) is 37.7 Å². The summed E-state index contributed by atoms with van der Waals surface area (Å²) in [6.07, 6.45) is 7.28. The molecular weight excluding hydrogens is 249 g/mol. The second-order valence-electron chi connectivity index (χ2n) is 7.21. The van der Waals surface area contributed by atoms with Gasteiger partial charge in [-0.3, -0.25) is 0 Å². The fourth-order valence-electron chi connectivity index (χ4n) is 5.40. The van der Waals surface area contributed by atoms with E-state index in [0.29, 0.717) is 6.04 Å². The first kappa shape index (κ1) is 12.8. The second kappa shape index (κ2) is 4.84. The van der Waals surface area contributed by atoms with Crippen molar-refractivity contribution in [1.29, 1.82) is 0 Å². The third-order valence-corrected chi connectivity index (χ3v) is 6.29. The van der Waals surface area contributed by atoms with Crippen LogP contribution in [0.5, 0.6) is 0 Å². The van der Waals surface area contributed by atoms with E-state index >= 15 is 0 Å². The maximum atomic E-state index is 13.1. The van der Waals surface area contributed by atoms with Crippen LogP contribution in [0.3, 0.4) is 0 Å². The summed E-state index contributed by atoms with van der Waals surface area (Å²) in [5, 5.41) is 3.78. The molecule has 0 aromatic heterocycles. The van der Waals surface area contributed by atoms with Crippen molar-refractivity contribution < 1.29 is 4.39 Å². The maximum absolute atomic E-state index is 13.1. The van der Waals surface area contributed by atoms with Crippen molar-refractivity contribution in [3.8, 4) is 0 Å². The van der Waals surface area contributed by atoms with Crippen LogP contribution in [0.4, 0.5) is 4.39 Å². The number of rotatable bonds is 3. The van der Waals surface area contributed by atoms with Crippen LogP contribution in [-0.2, 0) is 6.54 Å².